The zero-order chi connectivity index (χ0) is 12.0. The van der Waals surface area contributed by atoms with E-state index in [1.807, 2.05) is 36.4 Å². The molecule has 0 amide bonds. The summed E-state index contributed by atoms with van der Waals surface area (Å²) in [7, 11) is 0. The highest BCUT2D eigenvalue weighted by Gasteiger charge is 2.05. The zero-order valence-electron chi connectivity index (χ0n) is 7.98. The predicted octanol–water partition coefficient (Wildman–Crippen LogP) is 4.24. The number of thiol groups is 2. The molecule has 0 fully saturated rings. The standard InChI is InChI=1S/C9H8NOPS4/c10-6-9(7-11-12(13,14)15)16-8-4-2-1-3-5-8/h1-5,7H,(H2,13,14,15). The highest BCUT2D eigenvalue weighted by molar-refractivity contribution is 8.90. The van der Waals surface area contributed by atoms with E-state index in [9.17, 15) is 0 Å². The van der Waals surface area contributed by atoms with Crippen molar-refractivity contribution in [1.29, 1.82) is 5.26 Å². The van der Waals surface area contributed by atoms with Crippen molar-refractivity contribution in [3.63, 3.8) is 0 Å². The van der Waals surface area contributed by atoms with Crippen molar-refractivity contribution in [2.45, 2.75) is 4.90 Å². The van der Waals surface area contributed by atoms with Crippen molar-refractivity contribution >= 4 is 52.7 Å². The molecule has 1 rings (SSSR count). The molecule has 1 aromatic rings. The Bertz CT molecular complexity index is 462. The van der Waals surface area contributed by atoms with Crippen LogP contribution in [-0.4, -0.2) is 0 Å². The first kappa shape index (κ1) is 14.0. The largest absolute Gasteiger partial charge is 0.454 e. The summed E-state index contributed by atoms with van der Waals surface area (Å²) in [6.07, 6.45) is 1.32. The van der Waals surface area contributed by atoms with Crippen LogP contribution in [0.2, 0.25) is 0 Å². The Morgan fingerprint density at radius 2 is 2.06 bits per heavy atom. The number of benzene rings is 1. The quantitative estimate of drug-likeness (QED) is 0.286. The molecule has 1 aromatic carbocycles. The van der Waals surface area contributed by atoms with Crippen molar-refractivity contribution in [3.8, 4) is 6.07 Å². The van der Waals surface area contributed by atoms with E-state index in [0.29, 0.717) is 4.91 Å². The number of nitriles is 1. The minimum Gasteiger partial charge on any atom is -0.454 e. The smallest absolute Gasteiger partial charge is 0.215 e. The maximum Gasteiger partial charge on any atom is 0.215 e. The molecule has 0 bridgehead atoms. The molecule has 2 nitrogen and oxygen atoms in total. The van der Waals surface area contributed by atoms with Crippen LogP contribution < -0.4 is 0 Å². The van der Waals surface area contributed by atoms with E-state index in [1.165, 1.54) is 18.0 Å². The first-order valence-corrected chi connectivity index (χ1v) is 9.92. The fraction of sp³-hybridized carbons (Fsp3) is 0. The van der Waals surface area contributed by atoms with Gasteiger partial charge < -0.3 is 4.52 Å². The monoisotopic (exact) mass is 305 g/mol. The van der Waals surface area contributed by atoms with Gasteiger partial charge in [0.2, 0.25) is 4.67 Å². The average Bonchev–Trinajstić information content (AvgIpc) is 2.24. The lowest BCUT2D eigenvalue weighted by atomic mass is 10.4. The molecule has 0 saturated heterocycles. The van der Waals surface area contributed by atoms with Crippen molar-refractivity contribution in [3.05, 3.63) is 41.5 Å². The number of allylic oxidation sites excluding steroid dienone is 1. The number of nitrogens with zero attached hydrogens (tertiary/aromatic N) is 1. The Kier molecular flexibility index (Phi) is 5.81. The highest BCUT2D eigenvalue weighted by Crippen LogP contribution is 2.57. The Labute approximate surface area is 114 Å². The SMILES string of the molecule is N#CC(=COP(=S)(S)S)Sc1ccccc1. The predicted molar refractivity (Wildman–Crippen MR) is 79.3 cm³/mol. The van der Waals surface area contributed by atoms with E-state index >= 15 is 0 Å². The summed E-state index contributed by atoms with van der Waals surface area (Å²) < 4.78 is 2.75. The summed E-state index contributed by atoms with van der Waals surface area (Å²) in [4.78, 5) is 1.38. The molecule has 0 saturated carbocycles. The van der Waals surface area contributed by atoms with Crippen molar-refractivity contribution < 1.29 is 4.52 Å². The van der Waals surface area contributed by atoms with E-state index in [4.69, 9.17) is 21.6 Å². The molecule has 0 atom stereocenters. The molecule has 0 aliphatic carbocycles. The van der Waals surface area contributed by atoms with Gasteiger partial charge in [-0.15, -0.1) is 0 Å². The van der Waals surface area contributed by atoms with Crippen LogP contribution in [0.4, 0.5) is 0 Å². The van der Waals surface area contributed by atoms with Gasteiger partial charge in [-0.05, 0) is 23.9 Å². The normalized spacial score (nSPS) is 11.9. The Morgan fingerprint density at radius 1 is 1.44 bits per heavy atom. The van der Waals surface area contributed by atoms with Gasteiger partial charge in [0, 0.05) is 4.90 Å². The van der Waals surface area contributed by atoms with Gasteiger partial charge in [-0.2, -0.15) is 5.26 Å². The van der Waals surface area contributed by atoms with Gasteiger partial charge in [-0.1, -0.05) is 54.5 Å². The second-order valence-electron chi connectivity index (χ2n) is 2.61. The molecule has 0 aliphatic heterocycles. The maximum atomic E-state index is 8.89. The van der Waals surface area contributed by atoms with Gasteiger partial charge >= 0.3 is 0 Å². The van der Waals surface area contributed by atoms with E-state index < -0.39 is 4.67 Å². The van der Waals surface area contributed by atoms with Crippen LogP contribution in [0.5, 0.6) is 0 Å². The summed E-state index contributed by atoms with van der Waals surface area (Å²) in [6.45, 7) is 0. The molecule has 0 radical (unpaired) electrons. The summed E-state index contributed by atoms with van der Waals surface area (Å²) in [5.74, 6) is 0. The van der Waals surface area contributed by atoms with Crippen LogP contribution in [0.15, 0.2) is 46.4 Å². The number of hydrogen-bond donors (Lipinski definition) is 2. The van der Waals surface area contributed by atoms with Crippen LogP contribution in [-0.2, 0) is 16.3 Å². The van der Waals surface area contributed by atoms with Gasteiger partial charge in [0.05, 0.1) is 0 Å². The van der Waals surface area contributed by atoms with Crippen LogP contribution in [0, 0.1) is 11.3 Å². The lowest BCUT2D eigenvalue weighted by Gasteiger charge is -2.07. The topological polar surface area (TPSA) is 33.0 Å². The van der Waals surface area contributed by atoms with E-state index in [0.717, 1.165) is 4.90 Å². The van der Waals surface area contributed by atoms with Gasteiger partial charge in [0.1, 0.15) is 17.2 Å². The Morgan fingerprint density at radius 3 is 2.56 bits per heavy atom. The molecular formula is C9H8NOPS4. The van der Waals surface area contributed by atoms with E-state index in [2.05, 4.69) is 24.5 Å². The lowest BCUT2D eigenvalue weighted by molar-refractivity contribution is 0.556. The first-order valence-electron chi connectivity index (χ1n) is 4.08. The summed E-state index contributed by atoms with van der Waals surface area (Å²) in [5.41, 5.74) is 0. The van der Waals surface area contributed by atoms with Gasteiger partial charge in [0.25, 0.3) is 0 Å². The lowest BCUT2D eigenvalue weighted by Crippen LogP contribution is -1.75. The molecule has 0 heterocycles. The van der Waals surface area contributed by atoms with Gasteiger partial charge in [0.15, 0.2) is 0 Å². The Hall–Kier alpha value is -0.0500. The summed E-state index contributed by atoms with van der Waals surface area (Å²) >= 11 is 14.2. The minimum atomic E-state index is -2.36. The highest BCUT2D eigenvalue weighted by atomic mass is 33.2. The minimum absolute atomic E-state index is 0.420. The molecule has 84 valence electrons. The van der Waals surface area contributed by atoms with Crippen LogP contribution >= 0.6 is 40.9 Å². The van der Waals surface area contributed by atoms with Crippen molar-refractivity contribution in [2.24, 2.45) is 0 Å². The van der Waals surface area contributed by atoms with Crippen LogP contribution in [0.1, 0.15) is 0 Å². The molecule has 0 aliphatic rings. The summed E-state index contributed by atoms with van der Waals surface area (Å²) in [5, 5.41) is 8.89. The maximum absolute atomic E-state index is 8.89. The van der Waals surface area contributed by atoms with Crippen molar-refractivity contribution in [1.82, 2.24) is 0 Å². The number of rotatable bonds is 4. The van der Waals surface area contributed by atoms with Gasteiger partial charge in [-0.25, -0.2) is 0 Å². The molecule has 16 heavy (non-hydrogen) atoms. The van der Waals surface area contributed by atoms with E-state index in [-0.39, 0.29) is 0 Å². The zero-order valence-corrected chi connectivity index (χ0v) is 12.3. The molecule has 0 aromatic heterocycles. The number of hydrogen-bond acceptors (Lipinski definition) is 4. The third-order valence-corrected chi connectivity index (χ3v) is 3.50. The second-order valence-corrected chi connectivity index (χ2v) is 12.4. The molecule has 7 heteroatoms. The third kappa shape index (κ3) is 5.88. The van der Waals surface area contributed by atoms with Crippen LogP contribution in [0.25, 0.3) is 0 Å². The van der Waals surface area contributed by atoms with E-state index in [1.54, 1.807) is 0 Å². The molecule has 0 unspecified atom stereocenters. The average molecular weight is 305 g/mol. The Balaban J connectivity index is 2.71. The second kappa shape index (κ2) is 6.63. The molecular weight excluding hydrogens is 297 g/mol. The first-order chi connectivity index (χ1) is 7.51. The van der Waals surface area contributed by atoms with Gasteiger partial charge in [-0.3, -0.25) is 0 Å². The fourth-order valence-electron chi connectivity index (χ4n) is 0.805. The fourth-order valence-corrected chi connectivity index (χ4v) is 2.22. The van der Waals surface area contributed by atoms with Crippen molar-refractivity contribution in [2.75, 3.05) is 0 Å². The third-order valence-electron chi connectivity index (χ3n) is 1.38. The molecule has 0 spiro atoms. The molecule has 0 N–H and O–H groups in total. The van der Waals surface area contributed by atoms with Crippen LogP contribution in [0.3, 0.4) is 0 Å². The number of thioether (sulfide) groups is 1. The summed E-state index contributed by atoms with van der Waals surface area (Å²) in [6, 6.07) is 11.6.